The normalized spacial score (nSPS) is 19.2. The number of piperidine rings is 1. The lowest BCUT2D eigenvalue weighted by molar-refractivity contribution is -0.129. The van der Waals surface area contributed by atoms with Crippen LogP contribution in [0.25, 0.3) is 10.9 Å². The zero-order valence-electron chi connectivity index (χ0n) is 18.0. The van der Waals surface area contributed by atoms with Crippen LogP contribution < -0.4 is 0 Å². The van der Waals surface area contributed by atoms with Crippen molar-refractivity contribution in [2.24, 2.45) is 0 Å². The zero-order valence-corrected chi connectivity index (χ0v) is 18.8. The van der Waals surface area contributed by atoms with Gasteiger partial charge in [0.2, 0.25) is 5.91 Å². The quantitative estimate of drug-likeness (QED) is 0.514. The first kappa shape index (κ1) is 21.7. The fourth-order valence-electron chi connectivity index (χ4n) is 4.61. The van der Waals surface area contributed by atoms with Gasteiger partial charge in [0, 0.05) is 35.6 Å². The molecule has 2 saturated heterocycles. The van der Waals surface area contributed by atoms with Crippen LogP contribution in [-0.4, -0.2) is 58.3 Å². The Hall–Kier alpha value is -3.13. The van der Waals surface area contributed by atoms with E-state index in [1.165, 1.54) is 23.9 Å². The molecular formula is C25H24FN3O3S. The first-order valence-corrected chi connectivity index (χ1v) is 12.0. The van der Waals surface area contributed by atoms with Gasteiger partial charge < -0.3 is 9.64 Å². The van der Waals surface area contributed by atoms with E-state index in [1.54, 1.807) is 12.3 Å². The van der Waals surface area contributed by atoms with Gasteiger partial charge in [-0.1, -0.05) is 30.3 Å². The number of carbonyl (C=O) groups is 2. The Kier molecular flexibility index (Phi) is 6.17. The van der Waals surface area contributed by atoms with Crippen LogP contribution in [0.4, 0.5) is 9.18 Å². The lowest BCUT2D eigenvalue weighted by atomic mass is 9.99. The van der Waals surface area contributed by atoms with Crippen molar-refractivity contribution in [2.45, 2.75) is 29.8 Å². The summed E-state index contributed by atoms with van der Waals surface area (Å²) in [5, 5.41) is 0.716. The Labute approximate surface area is 195 Å². The summed E-state index contributed by atoms with van der Waals surface area (Å²) < 4.78 is 19.0. The maximum atomic E-state index is 13.7. The standard InChI is InChI=1S/C25H24FN3O3S/c26-18-6-7-21-20(14-18)23(8-11-27-21)33-16-24(30)28-12-9-19(10-13-28)29-22(15-32-25(29)31)17-4-2-1-3-5-17/h1-8,11,14,19,22H,9-10,12-13,15-16H2. The molecule has 0 radical (unpaired) electrons. The average molecular weight is 466 g/mol. The maximum Gasteiger partial charge on any atom is 0.410 e. The number of halogens is 1. The molecule has 5 rings (SSSR count). The molecule has 0 bridgehead atoms. The molecule has 1 aromatic heterocycles. The van der Waals surface area contributed by atoms with Crippen molar-refractivity contribution >= 4 is 34.7 Å². The number of cyclic esters (lactones) is 1. The summed E-state index contributed by atoms with van der Waals surface area (Å²) in [7, 11) is 0. The number of ether oxygens (including phenoxy) is 1. The molecule has 1 atom stereocenters. The van der Waals surface area contributed by atoms with Crippen LogP contribution in [-0.2, 0) is 9.53 Å². The van der Waals surface area contributed by atoms with Crippen LogP contribution in [0.3, 0.4) is 0 Å². The second-order valence-electron chi connectivity index (χ2n) is 8.28. The van der Waals surface area contributed by atoms with E-state index in [2.05, 4.69) is 4.98 Å². The van der Waals surface area contributed by atoms with Crippen LogP contribution in [0.15, 0.2) is 65.7 Å². The number of pyridine rings is 1. The van der Waals surface area contributed by atoms with Crippen molar-refractivity contribution in [3.05, 3.63) is 72.2 Å². The molecule has 8 heteroatoms. The number of benzene rings is 2. The third kappa shape index (κ3) is 4.53. The van der Waals surface area contributed by atoms with Gasteiger partial charge in [-0.3, -0.25) is 14.7 Å². The van der Waals surface area contributed by atoms with Crippen molar-refractivity contribution in [1.29, 1.82) is 0 Å². The number of likely N-dealkylation sites (tertiary alicyclic amines) is 1. The van der Waals surface area contributed by atoms with E-state index < -0.39 is 0 Å². The predicted molar refractivity (Wildman–Crippen MR) is 124 cm³/mol. The Bertz CT molecular complexity index is 1170. The van der Waals surface area contributed by atoms with Gasteiger partial charge in [0.25, 0.3) is 0 Å². The lowest BCUT2D eigenvalue weighted by Crippen LogP contribution is -2.48. The second-order valence-corrected chi connectivity index (χ2v) is 9.30. The van der Waals surface area contributed by atoms with Crippen molar-refractivity contribution in [3.63, 3.8) is 0 Å². The summed E-state index contributed by atoms with van der Waals surface area (Å²) in [6.45, 7) is 1.56. The summed E-state index contributed by atoms with van der Waals surface area (Å²) in [6.07, 6.45) is 2.84. The van der Waals surface area contributed by atoms with Gasteiger partial charge in [-0.05, 0) is 42.7 Å². The number of rotatable bonds is 5. The van der Waals surface area contributed by atoms with Gasteiger partial charge in [-0.15, -0.1) is 11.8 Å². The lowest BCUT2D eigenvalue weighted by Gasteiger charge is -2.38. The molecule has 3 aromatic rings. The molecule has 2 amide bonds. The third-order valence-electron chi connectivity index (χ3n) is 6.32. The van der Waals surface area contributed by atoms with E-state index in [1.807, 2.05) is 46.2 Å². The molecule has 1 unspecified atom stereocenters. The van der Waals surface area contributed by atoms with E-state index in [9.17, 15) is 14.0 Å². The average Bonchev–Trinajstić information content (AvgIpc) is 3.24. The zero-order chi connectivity index (χ0) is 22.8. The van der Waals surface area contributed by atoms with Crippen molar-refractivity contribution in [3.8, 4) is 0 Å². The smallest absolute Gasteiger partial charge is 0.410 e. The number of fused-ring (bicyclic) bond motifs is 1. The highest BCUT2D eigenvalue weighted by molar-refractivity contribution is 8.00. The van der Waals surface area contributed by atoms with Crippen molar-refractivity contribution in [2.75, 3.05) is 25.4 Å². The number of hydrogen-bond donors (Lipinski definition) is 0. The van der Waals surface area contributed by atoms with Crippen molar-refractivity contribution in [1.82, 2.24) is 14.8 Å². The molecule has 2 fully saturated rings. The largest absolute Gasteiger partial charge is 0.447 e. The molecule has 0 aliphatic carbocycles. The summed E-state index contributed by atoms with van der Waals surface area (Å²) in [5.41, 5.74) is 1.78. The van der Waals surface area contributed by atoms with Crippen LogP contribution >= 0.6 is 11.8 Å². The van der Waals surface area contributed by atoms with Gasteiger partial charge in [0.05, 0.1) is 17.3 Å². The summed E-state index contributed by atoms with van der Waals surface area (Å²) in [6, 6.07) is 16.2. The van der Waals surface area contributed by atoms with Crippen LogP contribution in [0, 0.1) is 5.82 Å². The van der Waals surface area contributed by atoms with Gasteiger partial charge in [-0.25, -0.2) is 9.18 Å². The first-order chi connectivity index (χ1) is 16.1. The van der Waals surface area contributed by atoms with Gasteiger partial charge >= 0.3 is 6.09 Å². The molecule has 2 aliphatic heterocycles. The van der Waals surface area contributed by atoms with Crippen LogP contribution in [0.5, 0.6) is 0 Å². The van der Waals surface area contributed by atoms with E-state index >= 15 is 0 Å². The monoisotopic (exact) mass is 465 g/mol. The molecule has 0 N–H and O–H groups in total. The minimum atomic E-state index is -0.319. The fourth-order valence-corrected chi connectivity index (χ4v) is 5.55. The molecule has 170 valence electrons. The fraction of sp³-hybridized carbons (Fsp3) is 0.320. The molecule has 0 spiro atoms. The topological polar surface area (TPSA) is 62.7 Å². The number of hydrogen-bond acceptors (Lipinski definition) is 5. The molecule has 3 heterocycles. The van der Waals surface area contributed by atoms with E-state index in [-0.39, 0.29) is 35.7 Å². The number of aromatic nitrogens is 1. The van der Waals surface area contributed by atoms with Gasteiger partial charge in [0.1, 0.15) is 12.4 Å². The second kappa shape index (κ2) is 9.39. The van der Waals surface area contributed by atoms with Gasteiger partial charge in [0.15, 0.2) is 0 Å². The third-order valence-corrected chi connectivity index (χ3v) is 7.38. The Balaban J connectivity index is 1.20. The van der Waals surface area contributed by atoms with Crippen LogP contribution in [0.2, 0.25) is 0 Å². The summed E-state index contributed by atoms with van der Waals surface area (Å²) in [5.74, 6) is 0.00187. The highest BCUT2D eigenvalue weighted by atomic mass is 32.2. The van der Waals surface area contributed by atoms with E-state index in [0.717, 1.165) is 23.3 Å². The maximum absolute atomic E-state index is 13.7. The Morgan fingerprint density at radius 2 is 1.91 bits per heavy atom. The van der Waals surface area contributed by atoms with Gasteiger partial charge in [-0.2, -0.15) is 0 Å². The van der Waals surface area contributed by atoms with E-state index in [4.69, 9.17) is 4.74 Å². The molecule has 0 saturated carbocycles. The predicted octanol–water partition coefficient (Wildman–Crippen LogP) is 4.65. The molecular weight excluding hydrogens is 441 g/mol. The summed E-state index contributed by atoms with van der Waals surface area (Å²) in [4.78, 5) is 34.1. The summed E-state index contributed by atoms with van der Waals surface area (Å²) >= 11 is 1.40. The minimum Gasteiger partial charge on any atom is -0.447 e. The molecule has 2 aromatic carbocycles. The molecule has 33 heavy (non-hydrogen) atoms. The number of carbonyl (C=O) groups excluding carboxylic acids is 2. The SMILES string of the molecule is O=C(CSc1ccnc2ccc(F)cc12)N1CCC(N2C(=O)OCC2c2ccccc2)CC1. The number of nitrogens with zero attached hydrogens (tertiary/aromatic N) is 3. The highest BCUT2D eigenvalue weighted by Crippen LogP contribution is 2.33. The molecule has 6 nitrogen and oxygen atoms in total. The first-order valence-electron chi connectivity index (χ1n) is 11.0. The Morgan fingerprint density at radius 1 is 1.12 bits per heavy atom. The molecule has 2 aliphatic rings. The van der Waals surface area contributed by atoms with Crippen LogP contribution in [0.1, 0.15) is 24.4 Å². The number of thioether (sulfide) groups is 1. The Morgan fingerprint density at radius 3 is 2.70 bits per heavy atom. The van der Waals surface area contributed by atoms with Crippen molar-refractivity contribution < 1.29 is 18.7 Å². The highest BCUT2D eigenvalue weighted by Gasteiger charge is 2.40. The minimum absolute atomic E-state index is 0.0448. The van der Waals surface area contributed by atoms with E-state index in [0.29, 0.717) is 30.6 Å². The number of amides is 2.